The zero-order valence-corrected chi connectivity index (χ0v) is 14.4. The maximum atomic E-state index is 12.4. The number of nitrogens with one attached hydrogen (secondary N) is 1. The smallest absolute Gasteiger partial charge is 0.408 e. The lowest BCUT2D eigenvalue weighted by molar-refractivity contribution is -0.122. The summed E-state index contributed by atoms with van der Waals surface area (Å²) in [6.07, 6.45) is 6.67. The van der Waals surface area contributed by atoms with E-state index in [0.717, 1.165) is 12.8 Å². The van der Waals surface area contributed by atoms with Crippen molar-refractivity contribution in [3.63, 3.8) is 0 Å². The number of rotatable bonds is 7. The molecule has 1 aromatic heterocycles. The monoisotopic (exact) mass is 346 g/mol. The SMILES string of the molecule is O=C(CCn1c(=O)oc2ccccc21)NC(CCO)C1CCCCC1. The Morgan fingerprint density at radius 1 is 1.28 bits per heavy atom. The number of carbonyl (C=O) groups is 1. The molecular weight excluding hydrogens is 320 g/mol. The van der Waals surface area contributed by atoms with Gasteiger partial charge in [0.1, 0.15) is 0 Å². The number of para-hydroxylation sites is 2. The van der Waals surface area contributed by atoms with Crippen molar-refractivity contribution in [3.8, 4) is 0 Å². The van der Waals surface area contributed by atoms with Gasteiger partial charge in [0.2, 0.25) is 5.91 Å². The molecule has 0 spiro atoms. The Labute approximate surface area is 146 Å². The van der Waals surface area contributed by atoms with Crippen LogP contribution in [-0.4, -0.2) is 28.2 Å². The second kappa shape index (κ2) is 8.34. The Hall–Kier alpha value is -2.08. The average Bonchev–Trinajstić information content (AvgIpc) is 2.95. The van der Waals surface area contributed by atoms with Crippen LogP contribution >= 0.6 is 0 Å². The number of aryl methyl sites for hydroxylation is 1. The van der Waals surface area contributed by atoms with Crippen LogP contribution in [-0.2, 0) is 11.3 Å². The highest BCUT2D eigenvalue weighted by molar-refractivity contribution is 5.77. The summed E-state index contributed by atoms with van der Waals surface area (Å²) >= 11 is 0. The van der Waals surface area contributed by atoms with Gasteiger partial charge in [0.15, 0.2) is 5.58 Å². The van der Waals surface area contributed by atoms with E-state index in [1.807, 2.05) is 18.2 Å². The highest BCUT2D eigenvalue weighted by Crippen LogP contribution is 2.27. The van der Waals surface area contributed by atoms with Crippen LogP contribution in [0.1, 0.15) is 44.9 Å². The molecule has 1 unspecified atom stereocenters. The fraction of sp³-hybridized carbons (Fsp3) is 0.579. The highest BCUT2D eigenvalue weighted by atomic mass is 16.4. The Morgan fingerprint density at radius 2 is 2.04 bits per heavy atom. The van der Waals surface area contributed by atoms with E-state index in [1.165, 1.54) is 23.8 Å². The molecule has 6 nitrogen and oxygen atoms in total. The van der Waals surface area contributed by atoms with Crippen LogP contribution in [0.4, 0.5) is 0 Å². The predicted molar refractivity (Wildman–Crippen MR) is 95.3 cm³/mol. The van der Waals surface area contributed by atoms with Gasteiger partial charge in [-0.1, -0.05) is 31.4 Å². The molecule has 1 aliphatic rings. The molecule has 1 saturated carbocycles. The summed E-state index contributed by atoms with van der Waals surface area (Å²) in [5.74, 6) is -0.0725. The normalized spacial score (nSPS) is 16.8. The number of fused-ring (bicyclic) bond motifs is 1. The first kappa shape index (κ1) is 17.7. The van der Waals surface area contributed by atoms with E-state index in [-0.39, 0.29) is 31.5 Å². The minimum Gasteiger partial charge on any atom is -0.408 e. The third kappa shape index (κ3) is 4.31. The molecule has 1 heterocycles. The van der Waals surface area contributed by atoms with E-state index in [2.05, 4.69) is 5.32 Å². The van der Waals surface area contributed by atoms with E-state index in [4.69, 9.17) is 4.42 Å². The van der Waals surface area contributed by atoms with Gasteiger partial charge in [-0.15, -0.1) is 0 Å². The van der Waals surface area contributed by atoms with Crippen molar-refractivity contribution in [1.29, 1.82) is 0 Å². The van der Waals surface area contributed by atoms with Gasteiger partial charge in [-0.05, 0) is 37.3 Å². The molecule has 0 saturated heterocycles. The Bertz CT molecular complexity index is 758. The highest BCUT2D eigenvalue weighted by Gasteiger charge is 2.24. The van der Waals surface area contributed by atoms with E-state index in [1.54, 1.807) is 6.07 Å². The number of carbonyl (C=O) groups excluding carboxylic acids is 1. The molecule has 0 aliphatic heterocycles. The summed E-state index contributed by atoms with van der Waals surface area (Å²) in [7, 11) is 0. The van der Waals surface area contributed by atoms with Crippen molar-refractivity contribution >= 4 is 17.0 Å². The molecule has 1 amide bonds. The third-order valence-corrected chi connectivity index (χ3v) is 5.14. The van der Waals surface area contributed by atoms with Crippen molar-refractivity contribution in [2.75, 3.05) is 6.61 Å². The van der Waals surface area contributed by atoms with E-state index in [0.29, 0.717) is 23.4 Å². The van der Waals surface area contributed by atoms with Gasteiger partial charge in [0.05, 0.1) is 5.52 Å². The van der Waals surface area contributed by atoms with Crippen LogP contribution in [0.5, 0.6) is 0 Å². The summed E-state index contributed by atoms with van der Waals surface area (Å²) < 4.78 is 6.69. The van der Waals surface area contributed by atoms with Crippen LogP contribution in [0.25, 0.3) is 11.1 Å². The Morgan fingerprint density at radius 3 is 2.80 bits per heavy atom. The van der Waals surface area contributed by atoms with Gasteiger partial charge in [-0.2, -0.15) is 0 Å². The number of amides is 1. The summed E-state index contributed by atoms with van der Waals surface area (Å²) in [4.78, 5) is 24.3. The van der Waals surface area contributed by atoms with Crippen molar-refractivity contribution in [2.24, 2.45) is 5.92 Å². The zero-order valence-electron chi connectivity index (χ0n) is 14.4. The van der Waals surface area contributed by atoms with Crippen LogP contribution in [0.3, 0.4) is 0 Å². The molecular formula is C19H26N2O4. The quantitative estimate of drug-likeness (QED) is 0.806. The first-order valence-electron chi connectivity index (χ1n) is 9.17. The second-order valence-electron chi connectivity index (χ2n) is 6.82. The number of benzene rings is 1. The van der Waals surface area contributed by atoms with Gasteiger partial charge in [0.25, 0.3) is 0 Å². The average molecular weight is 346 g/mol. The topological polar surface area (TPSA) is 84.5 Å². The van der Waals surface area contributed by atoms with Gasteiger partial charge in [-0.3, -0.25) is 9.36 Å². The molecule has 2 aromatic rings. The fourth-order valence-corrected chi connectivity index (χ4v) is 3.82. The molecule has 2 N–H and O–H groups in total. The molecule has 1 atom stereocenters. The van der Waals surface area contributed by atoms with Crippen LogP contribution in [0.2, 0.25) is 0 Å². The standard InChI is InChI=1S/C19H26N2O4/c22-13-11-15(14-6-2-1-3-7-14)20-18(23)10-12-21-16-8-4-5-9-17(16)25-19(21)24/h4-5,8-9,14-15,22H,1-3,6-7,10-13H2,(H,20,23). The van der Waals surface area contributed by atoms with E-state index >= 15 is 0 Å². The number of hydrogen-bond donors (Lipinski definition) is 2. The number of oxazole rings is 1. The molecule has 1 aliphatic carbocycles. The zero-order chi connectivity index (χ0) is 17.6. The minimum absolute atomic E-state index is 0.0237. The van der Waals surface area contributed by atoms with Crippen LogP contribution < -0.4 is 11.1 Å². The fourth-order valence-electron chi connectivity index (χ4n) is 3.82. The molecule has 6 heteroatoms. The van der Waals surface area contributed by atoms with Gasteiger partial charge >= 0.3 is 5.76 Å². The van der Waals surface area contributed by atoms with Crippen LogP contribution in [0.15, 0.2) is 33.5 Å². The molecule has 1 aromatic carbocycles. The molecule has 136 valence electrons. The largest absolute Gasteiger partial charge is 0.419 e. The second-order valence-corrected chi connectivity index (χ2v) is 6.82. The van der Waals surface area contributed by atoms with Crippen molar-refractivity contribution in [2.45, 2.75) is 57.5 Å². The molecule has 0 bridgehead atoms. The van der Waals surface area contributed by atoms with E-state index < -0.39 is 5.76 Å². The number of aliphatic hydroxyl groups is 1. The lowest BCUT2D eigenvalue weighted by Gasteiger charge is -2.30. The Balaban J connectivity index is 1.61. The number of aromatic nitrogens is 1. The van der Waals surface area contributed by atoms with Crippen molar-refractivity contribution in [1.82, 2.24) is 9.88 Å². The summed E-state index contributed by atoms with van der Waals surface area (Å²) in [6.45, 7) is 0.367. The molecule has 0 radical (unpaired) electrons. The number of hydrogen-bond acceptors (Lipinski definition) is 4. The molecule has 1 fully saturated rings. The lowest BCUT2D eigenvalue weighted by atomic mass is 9.82. The van der Waals surface area contributed by atoms with E-state index in [9.17, 15) is 14.7 Å². The predicted octanol–water partition coefficient (Wildman–Crippen LogP) is 2.43. The van der Waals surface area contributed by atoms with Gasteiger partial charge in [0, 0.05) is 25.6 Å². The summed E-state index contributed by atoms with van der Waals surface area (Å²) in [5.41, 5.74) is 1.24. The van der Waals surface area contributed by atoms with Gasteiger partial charge < -0.3 is 14.8 Å². The number of aliphatic hydroxyl groups excluding tert-OH is 1. The maximum Gasteiger partial charge on any atom is 0.419 e. The van der Waals surface area contributed by atoms with Gasteiger partial charge in [-0.25, -0.2) is 4.79 Å². The minimum atomic E-state index is -0.437. The number of nitrogens with zero attached hydrogens (tertiary/aromatic N) is 1. The molecule has 3 rings (SSSR count). The van der Waals surface area contributed by atoms with Crippen LogP contribution in [0, 0.1) is 5.92 Å². The summed E-state index contributed by atoms with van der Waals surface area (Å²) in [6, 6.07) is 7.23. The lowest BCUT2D eigenvalue weighted by Crippen LogP contribution is -2.42. The summed E-state index contributed by atoms with van der Waals surface area (Å²) in [5, 5.41) is 12.4. The first-order valence-corrected chi connectivity index (χ1v) is 9.17. The van der Waals surface area contributed by atoms with Crippen molar-refractivity contribution in [3.05, 3.63) is 34.8 Å². The van der Waals surface area contributed by atoms with Crippen molar-refractivity contribution < 1.29 is 14.3 Å². The first-order chi connectivity index (χ1) is 12.2. The Kier molecular flexibility index (Phi) is 5.91. The third-order valence-electron chi connectivity index (χ3n) is 5.14. The maximum absolute atomic E-state index is 12.4. The molecule has 25 heavy (non-hydrogen) atoms.